The third-order valence-electron chi connectivity index (χ3n) is 6.17. The van der Waals surface area contributed by atoms with E-state index < -0.39 is 58.1 Å². The van der Waals surface area contributed by atoms with Gasteiger partial charge in [-0.25, -0.2) is 37.1 Å². The van der Waals surface area contributed by atoms with Crippen molar-refractivity contribution in [3.8, 4) is 0 Å². The Morgan fingerprint density at radius 2 is 1.97 bits per heavy atom. The SMILES string of the molecule is CC.CCOC(=O)C1=C2CC(NC(=O)OC)CN2C(c2nccs2)=NC12C(F)=C(F)c1c2ccc(F)c1F. The van der Waals surface area contributed by atoms with Gasteiger partial charge in [-0.05, 0) is 13.0 Å². The predicted molar refractivity (Wildman–Crippen MR) is 131 cm³/mol. The Kier molecular flexibility index (Phi) is 7.58. The molecule has 1 spiro atoms. The molecule has 38 heavy (non-hydrogen) atoms. The molecule has 1 aromatic carbocycles. The van der Waals surface area contributed by atoms with Crippen molar-refractivity contribution in [2.75, 3.05) is 20.3 Å². The van der Waals surface area contributed by atoms with Crippen molar-refractivity contribution < 1.29 is 36.6 Å². The van der Waals surface area contributed by atoms with Gasteiger partial charge in [0.25, 0.3) is 0 Å². The molecule has 8 nitrogen and oxygen atoms in total. The number of alkyl carbamates (subject to hydrolysis) is 1. The average Bonchev–Trinajstić information content (AvgIpc) is 3.63. The van der Waals surface area contributed by atoms with E-state index in [0.717, 1.165) is 23.5 Å². The monoisotopic (exact) mass is 552 g/mol. The van der Waals surface area contributed by atoms with Gasteiger partial charge in [-0.2, -0.15) is 0 Å². The quantitative estimate of drug-likeness (QED) is 0.425. The Morgan fingerprint density at radius 3 is 2.61 bits per heavy atom. The van der Waals surface area contributed by atoms with E-state index >= 15 is 8.78 Å². The van der Waals surface area contributed by atoms with E-state index in [0.29, 0.717) is 5.01 Å². The number of benzene rings is 1. The minimum Gasteiger partial charge on any atom is -0.462 e. The van der Waals surface area contributed by atoms with Gasteiger partial charge >= 0.3 is 12.1 Å². The fourth-order valence-corrected chi connectivity index (χ4v) is 5.40. The molecule has 202 valence electrons. The summed E-state index contributed by atoms with van der Waals surface area (Å²) >= 11 is 1.15. The zero-order valence-corrected chi connectivity index (χ0v) is 21.7. The third-order valence-corrected chi connectivity index (χ3v) is 6.94. The third kappa shape index (κ3) is 4.05. The number of esters is 1. The Balaban J connectivity index is 0.00000164. The van der Waals surface area contributed by atoms with Crippen LogP contribution in [0.5, 0.6) is 0 Å². The van der Waals surface area contributed by atoms with E-state index in [1.165, 1.54) is 20.2 Å². The van der Waals surface area contributed by atoms with Crippen LogP contribution in [0.1, 0.15) is 43.3 Å². The van der Waals surface area contributed by atoms with E-state index in [4.69, 9.17) is 4.74 Å². The number of fused-ring (bicyclic) bond motifs is 3. The molecule has 3 aliphatic rings. The van der Waals surface area contributed by atoms with Crippen molar-refractivity contribution >= 4 is 35.1 Å². The second kappa shape index (κ2) is 10.6. The highest BCUT2D eigenvalue weighted by atomic mass is 32.1. The topological polar surface area (TPSA) is 93.1 Å². The highest BCUT2D eigenvalue weighted by Gasteiger charge is 2.59. The second-order valence-corrected chi connectivity index (χ2v) is 8.98. The van der Waals surface area contributed by atoms with E-state index in [1.54, 1.807) is 10.3 Å². The predicted octanol–water partition coefficient (Wildman–Crippen LogP) is 4.97. The van der Waals surface area contributed by atoms with Crippen molar-refractivity contribution in [1.29, 1.82) is 0 Å². The van der Waals surface area contributed by atoms with Crippen LogP contribution in [0.4, 0.5) is 22.4 Å². The maximum atomic E-state index is 16.0. The van der Waals surface area contributed by atoms with Gasteiger partial charge in [0.1, 0.15) is 0 Å². The van der Waals surface area contributed by atoms with Gasteiger partial charge in [0.05, 0.1) is 30.9 Å². The number of ether oxygens (including phenoxy) is 2. The number of carbonyl (C=O) groups is 2. The number of methoxy groups -OCH3 is 1. The van der Waals surface area contributed by atoms with Crippen molar-refractivity contribution in [3.63, 3.8) is 0 Å². The van der Waals surface area contributed by atoms with Gasteiger partial charge in [0, 0.05) is 35.8 Å². The molecule has 0 saturated carbocycles. The molecule has 2 atom stereocenters. The van der Waals surface area contributed by atoms with E-state index in [2.05, 4.69) is 20.0 Å². The van der Waals surface area contributed by atoms with E-state index in [9.17, 15) is 18.4 Å². The smallest absolute Gasteiger partial charge is 0.407 e. The first-order valence-electron chi connectivity index (χ1n) is 11.8. The number of carbonyl (C=O) groups excluding carboxylic acids is 2. The maximum Gasteiger partial charge on any atom is 0.407 e. The highest BCUT2D eigenvalue weighted by Crippen LogP contribution is 2.57. The van der Waals surface area contributed by atoms with Gasteiger partial charge in [-0.15, -0.1) is 11.3 Å². The summed E-state index contributed by atoms with van der Waals surface area (Å²) in [6, 6.07) is 1.10. The van der Waals surface area contributed by atoms with Crippen LogP contribution in [0.15, 0.2) is 45.8 Å². The largest absolute Gasteiger partial charge is 0.462 e. The summed E-state index contributed by atoms with van der Waals surface area (Å²) in [6.07, 6.45) is 0.731. The lowest BCUT2D eigenvalue weighted by Gasteiger charge is -2.37. The number of amidine groups is 1. The summed E-state index contributed by atoms with van der Waals surface area (Å²) in [5.41, 5.74) is -4.03. The van der Waals surface area contributed by atoms with Crippen LogP contribution in [0.2, 0.25) is 0 Å². The summed E-state index contributed by atoms with van der Waals surface area (Å²) in [6.45, 7) is 5.53. The number of rotatable bonds is 4. The number of aliphatic imine (C=N–C) groups is 1. The van der Waals surface area contributed by atoms with Crippen molar-refractivity contribution in [3.05, 3.63) is 68.6 Å². The highest BCUT2D eigenvalue weighted by molar-refractivity contribution is 7.11. The first-order valence-corrected chi connectivity index (χ1v) is 12.7. The molecule has 1 amide bonds. The molecule has 2 unspecified atom stereocenters. The van der Waals surface area contributed by atoms with Crippen LogP contribution in [0.3, 0.4) is 0 Å². The number of hydrogen-bond acceptors (Lipinski definition) is 8. The summed E-state index contributed by atoms with van der Waals surface area (Å²) in [7, 11) is 1.18. The molecule has 1 saturated heterocycles. The zero-order chi connectivity index (χ0) is 27.8. The standard InChI is InChI=1S/C23H18F4N4O4S.C2H6/c1-3-35-21(32)15-13-8-10(29-22(33)34-2)9-31(13)19(20-28-6-7-36-20)30-23(15)11-4-5-12(24)16(25)14(11)17(26)18(23)27;1-2/h4-7,10H,3,8-9H2,1-2H3,(H,29,33);1-2H3. The first kappa shape index (κ1) is 27.3. The Hall–Kier alpha value is -3.74. The van der Waals surface area contributed by atoms with Crippen LogP contribution in [0, 0.1) is 11.6 Å². The maximum absolute atomic E-state index is 16.0. The summed E-state index contributed by atoms with van der Waals surface area (Å²) in [5, 5.41) is 4.57. The summed E-state index contributed by atoms with van der Waals surface area (Å²) < 4.78 is 69.9. The van der Waals surface area contributed by atoms with Crippen LogP contribution >= 0.6 is 11.3 Å². The van der Waals surface area contributed by atoms with Gasteiger partial charge < -0.3 is 19.7 Å². The molecule has 5 rings (SSSR count). The number of halogens is 4. The molecule has 1 aromatic heterocycles. The lowest BCUT2D eigenvalue weighted by atomic mass is 9.81. The molecule has 2 aromatic rings. The molecule has 0 radical (unpaired) electrons. The number of thiazole rings is 1. The molecule has 1 aliphatic carbocycles. The van der Waals surface area contributed by atoms with Gasteiger partial charge in [0.15, 0.2) is 39.7 Å². The fraction of sp³-hybridized carbons (Fsp3) is 0.360. The molecule has 1 N–H and O–H groups in total. The summed E-state index contributed by atoms with van der Waals surface area (Å²) in [5.74, 6) is -7.17. The van der Waals surface area contributed by atoms with Crippen LogP contribution in [0.25, 0.3) is 5.83 Å². The van der Waals surface area contributed by atoms with Crippen LogP contribution < -0.4 is 5.32 Å². The van der Waals surface area contributed by atoms with Crippen molar-refractivity contribution in [2.45, 2.75) is 38.8 Å². The molecular formula is C25H24F4N4O4S. The van der Waals surface area contributed by atoms with Crippen molar-refractivity contribution in [1.82, 2.24) is 15.2 Å². The fourth-order valence-electron chi connectivity index (χ4n) is 4.77. The molecule has 0 bridgehead atoms. The number of amides is 1. The van der Waals surface area contributed by atoms with Crippen LogP contribution in [-0.2, 0) is 19.8 Å². The van der Waals surface area contributed by atoms with E-state index in [-0.39, 0.29) is 36.7 Å². The number of nitrogens with zero attached hydrogens (tertiary/aromatic N) is 3. The van der Waals surface area contributed by atoms with Gasteiger partial charge in [-0.1, -0.05) is 19.9 Å². The Labute approximate surface area is 219 Å². The normalized spacial score (nSPS) is 21.5. The second-order valence-electron chi connectivity index (χ2n) is 8.08. The Morgan fingerprint density at radius 1 is 1.24 bits per heavy atom. The van der Waals surface area contributed by atoms with Crippen LogP contribution in [-0.4, -0.2) is 54.1 Å². The molecule has 2 aliphatic heterocycles. The number of nitrogens with one attached hydrogen (secondary N) is 1. The lowest BCUT2D eigenvalue weighted by Crippen LogP contribution is -2.44. The minimum absolute atomic E-state index is 0.0106. The lowest BCUT2D eigenvalue weighted by molar-refractivity contribution is -0.139. The van der Waals surface area contributed by atoms with Gasteiger partial charge in [-0.3, -0.25) is 0 Å². The molecular weight excluding hydrogens is 528 g/mol. The first-order chi connectivity index (χ1) is 18.2. The van der Waals surface area contributed by atoms with E-state index in [1.807, 2.05) is 13.8 Å². The average molecular weight is 553 g/mol. The molecule has 3 heterocycles. The summed E-state index contributed by atoms with van der Waals surface area (Å²) in [4.78, 5) is 35.5. The van der Waals surface area contributed by atoms with Crippen molar-refractivity contribution in [2.24, 2.45) is 4.99 Å². The molecule has 1 fully saturated rings. The zero-order valence-electron chi connectivity index (χ0n) is 20.9. The van der Waals surface area contributed by atoms with Gasteiger partial charge in [0.2, 0.25) is 0 Å². The minimum atomic E-state index is -2.48. The molecule has 13 heteroatoms. The number of aromatic nitrogens is 1. The number of hydrogen-bond donors (Lipinski definition) is 1. The Bertz CT molecular complexity index is 1380.